The Morgan fingerprint density at radius 3 is 2.00 bits per heavy atom. The van der Waals surface area contributed by atoms with E-state index < -0.39 is 7.81 Å². The average Bonchev–Trinajstić information content (AvgIpc) is 2.52. The van der Waals surface area contributed by atoms with E-state index in [4.69, 9.17) is 0 Å². The number of hydrogen-bond acceptors (Lipinski definition) is 0. The third kappa shape index (κ3) is 6.42. The summed E-state index contributed by atoms with van der Waals surface area (Å²) in [6.45, 7) is 3.19. The molecule has 0 saturated carbocycles. The molecule has 0 amide bonds. The molecular weight excluding hydrogens is 293 g/mol. The molecule has 0 aliphatic rings. The third-order valence-electron chi connectivity index (χ3n) is 2.22. The van der Waals surface area contributed by atoms with Crippen LogP contribution in [0.5, 0.6) is 0 Å². The fourth-order valence-corrected chi connectivity index (χ4v) is 1.59. The molecule has 19 heavy (non-hydrogen) atoms. The zero-order chi connectivity index (χ0) is 15.0. The van der Waals surface area contributed by atoms with Crippen molar-refractivity contribution in [3.63, 3.8) is 0 Å². The Morgan fingerprint density at radius 2 is 1.53 bits per heavy atom. The van der Waals surface area contributed by atoms with Gasteiger partial charge in [0.1, 0.15) is 0 Å². The summed E-state index contributed by atoms with van der Waals surface area (Å²) in [4.78, 5) is 0. The van der Waals surface area contributed by atoms with Crippen molar-refractivity contribution < 1.29 is 29.7 Å². The first-order chi connectivity index (χ1) is 8.28. The van der Waals surface area contributed by atoms with E-state index in [-0.39, 0.29) is 0 Å². The van der Waals surface area contributed by atoms with Crippen LogP contribution in [0, 0.1) is 0 Å². The molecule has 1 heterocycles. The van der Waals surface area contributed by atoms with E-state index in [1.807, 2.05) is 0 Å². The van der Waals surface area contributed by atoms with Crippen molar-refractivity contribution in [2.24, 2.45) is 7.05 Å². The first kappa shape index (κ1) is 15.8. The maximum atomic E-state index is 9.87. The molecule has 0 spiro atoms. The molecule has 1 aromatic carbocycles. The molecule has 0 atom stereocenters. The first-order valence-corrected chi connectivity index (χ1v) is 7.30. The van der Waals surface area contributed by atoms with Gasteiger partial charge in [-0.25, -0.2) is 9.13 Å². The second-order valence-corrected chi connectivity index (χ2v) is 5.88. The van der Waals surface area contributed by atoms with E-state index >= 15 is 0 Å². The number of halogens is 6. The van der Waals surface area contributed by atoms with Crippen molar-refractivity contribution in [3.8, 4) is 0 Å². The number of rotatable bonds is 1. The molecule has 1 aromatic heterocycles. The van der Waals surface area contributed by atoms with Gasteiger partial charge >= 0.3 is 33.0 Å². The summed E-state index contributed by atoms with van der Waals surface area (Å²) in [6.07, 6.45) is 2.13. The van der Waals surface area contributed by atoms with E-state index in [9.17, 15) is 25.2 Å². The van der Waals surface area contributed by atoms with Crippen LogP contribution < -0.4 is 4.57 Å². The number of benzene rings is 1. The molecule has 0 radical (unpaired) electrons. The Bertz CT molecular complexity index is 575. The van der Waals surface area contributed by atoms with Crippen molar-refractivity contribution >= 4 is 18.8 Å². The van der Waals surface area contributed by atoms with Gasteiger partial charge in [0.2, 0.25) is 6.33 Å². The van der Waals surface area contributed by atoms with Gasteiger partial charge in [-0.15, -0.1) is 0 Å². The Kier molecular flexibility index (Phi) is 3.40. The van der Waals surface area contributed by atoms with Crippen LogP contribution in [0.2, 0.25) is 0 Å². The van der Waals surface area contributed by atoms with Crippen LogP contribution in [-0.4, -0.2) is 4.57 Å². The van der Waals surface area contributed by atoms with Gasteiger partial charge in [-0.3, -0.25) is 0 Å². The molecule has 110 valence electrons. The van der Waals surface area contributed by atoms with Gasteiger partial charge in [0, 0.05) is 0 Å². The molecule has 0 fully saturated rings. The summed E-state index contributed by atoms with van der Waals surface area (Å²) >= 11 is 0. The molecule has 0 saturated heterocycles. The molecule has 0 unspecified atom stereocenters. The minimum atomic E-state index is -10.7. The monoisotopic (exact) mass is 306 g/mol. The van der Waals surface area contributed by atoms with E-state index in [1.165, 1.54) is 11.0 Å². The predicted molar refractivity (Wildman–Crippen MR) is 62.4 cm³/mol. The number of fused-ring (bicyclic) bond motifs is 1. The normalized spacial score (nSPS) is 15.4. The van der Waals surface area contributed by atoms with Gasteiger partial charge in [-0.1, -0.05) is 12.1 Å². The number of para-hydroxylation sites is 2. The standard InChI is InChI=1S/C10H13N2.F6P/c1-3-12-8-11(2)9-6-4-5-7-10(9)12;1-7(2,3,4,5)6/h4-8H,3H2,1-2H3;/q+1;-1. The van der Waals surface area contributed by atoms with Crippen LogP contribution in [-0.2, 0) is 13.6 Å². The second-order valence-electron chi connectivity index (χ2n) is 3.96. The maximum absolute atomic E-state index is 10.7. The fourth-order valence-electron chi connectivity index (χ4n) is 1.59. The van der Waals surface area contributed by atoms with Crippen LogP contribution in [0.15, 0.2) is 30.6 Å². The van der Waals surface area contributed by atoms with Gasteiger partial charge in [0.25, 0.3) is 0 Å². The number of imidazole rings is 1. The van der Waals surface area contributed by atoms with Crippen molar-refractivity contribution in [3.05, 3.63) is 30.6 Å². The predicted octanol–water partition coefficient (Wildman–Crippen LogP) is 4.87. The molecule has 0 bridgehead atoms. The molecule has 0 aliphatic heterocycles. The molecule has 2 aromatic rings. The quantitative estimate of drug-likeness (QED) is 0.404. The van der Waals surface area contributed by atoms with Gasteiger partial charge in [-0.2, -0.15) is 0 Å². The SMILES string of the molecule is CCn1c[n+](C)c2ccccc21.F[P-](F)(F)(F)(F)F. The number of aryl methyl sites for hydroxylation is 2. The zero-order valence-corrected chi connectivity index (χ0v) is 11.1. The third-order valence-corrected chi connectivity index (χ3v) is 2.22. The van der Waals surface area contributed by atoms with Crippen molar-refractivity contribution in [1.82, 2.24) is 4.57 Å². The van der Waals surface area contributed by atoms with Gasteiger partial charge in [-0.05, 0) is 19.1 Å². The van der Waals surface area contributed by atoms with Gasteiger partial charge < -0.3 is 0 Å². The molecular formula is C10H13F6N2P. The van der Waals surface area contributed by atoms with Gasteiger partial charge in [0.05, 0.1) is 13.6 Å². The van der Waals surface area contributed by atoms with E-state index in [0.29, 0.717) is 0 Å². The van der Waals surface area contributed by atoms with Gasteiger partial charge in [0.15, 0.2) is 11.0 Å². The van der Waals surface area contributed by atoms with Crippen molar-refractivity contribution in [2.45, 2.75) is 13.5 Å². The zero-order valence-electron chi connectivity index (χ0n) is 10.2. The summed E-state index contributed by atoms with van der Waals surface area (Å²) in [5, 5.41) is 0. The fraction of sp³-hybridized carbons (Fsp3) is 0.300. The Hall–Kier alpha value is -1.30. The Morgan fingerprint density at radius 1 is 1.05 bits per heavy atom. The summed E-state index contributed by atoms with van der Waals surface area (Å²) in [6, 6.07) is 8.44. The summed E-state index contributed by atoms with van der Waals surface area (Å²) < 4.78 is 63.6. The molecule has 2 nitrogen and oxygen atoms in total. The van der Waals surface area contributed by atoms with Crippen LogP contribution in [0.3, 0.4) is 0 Å². The molecule has 2 rings (SSSR count). The summed E-state index contributed by atoms with van der Waals surface area (Å²) in [7, 11) is -8.58. The summed E-state index contributed by atoms with van der Waals surface area (Å²) in [5.41, 5.74) is 2.60. The van der Waals surface area contributed by atoms with E-state index in [2.05, 4.69) is 53.7 Å². The van der Waals surface area contributed by atoms with Crippen LogP contribution in [0.25, 0.3) is 11.0 Å². The van der Waals surface area contributed by atoms with Crippen LogP contribution >= 0.6 is 7.81 Å². The van der Waals surface area contributed by atoms with Crippen LogP contribution in [0.1, 0.15) is 6.92 Å². The molecule has 0 N–H and O–H groups in total. The number of nitrogens with zero attached hydrogens (tertiary/aromatic N) is 2. The van der Waals surface area contributed by atoms with E-state index in [0.717, 1.165) is 6.54 Å². The Balaban J connectivity index is 0.000000224. The number of aromatic nitrogens is 2. The second kappa shape index (κ2) is 4.10. The molecule has 9 heteroatoms. The topological polar surface area (TPSA) is 8.81 Å². The van der Waals surface area contributed by atoms with Crippen LogP contribution in [0.4, 0.5) is 25.2 Å². The average molecular weight is 306 g/mol. The minimum absolute atomic E-state index is 1.03. The van der Waals surface area contributed by atoms with E-state index in [1.54, 1.807) is 0 Å². The summed E-state index contributed by atoms with van der Waals surface area (Å²) in [5.74, 6) is 0. The Labute approximate surface area is 105 Å². The first-order valence-electron chi connectivity index (χ1n) is 5.28. The van der Waals surface area contributed by atoms with Crippen molar-refractivity contribution in [1.29, 1.82) is 0 Å². The number of hydrogen-bond donors (Lipinski definition) is 0. The van der Waals surface area contributed by atoms with Crippen molar-refractivity contribution in [2.75, 3.05) is 0 Å². The molecule has 0 aliphatic carbocycles.